The Hall–Kier alpha value is -2.55. The van der Waals surface area contributed by atoms with Gasteiger partial charge in [0, 0.05) is 18.8 Å². The van der Waals surface area contributed by atoms with Gasteiger partial charge in [-0.25, -0.2) is 4.99 Å². The fourth-order valence-corrected chi connectivity index (χ4v) is 2.59. The minimum absolute atomic E-state index is 0.0214. The van der Waals surface area contributed by atoms with Crippen molar-refractivity contribution < 1.29 is 9.53 Å². The van der Waals surface area contributed by atoms with Crippen LogP contribution in [0.3, 0.4) is 0 Å². The van der Waals surface area contributed by atoms with Gasteiger partial charge in [-0.05, 0) is 64.3 Å². The molecule has 0 radical (unpaired) electrons. The lowest BCUT2D eigenvalue weighted by Gasteiger charge is -2.30. The first kappa shape index (κ1) is 18.8. The van der Waals surface area contributed by atoms with Gasteiger partial charge in [0.2, 0.25) is 0 Å². The number of likely N-dealkylation sites (tertiary alicyclic amines) is 1. The zero-order chi connectivity index (χ0) is 18.3. The number of hydrogen-bond acceptors (Lipinski definition) is 4. The number of nitriles is 1. The van der Waals surface area contributed by atoms with E-state index in [4.69, 9.17) is 10.00 Å². The third-order valence-electron chi connectivity index (χ3n) is 3.70. The molecule has 0 aromatic heterocycles. The van der Waals surface area contributed by atoms with Crippen LogP contribution >= 0.6 is 0 Å². The Labute approximate surface area is 149 Å². The topological polar surface area (TPSA) is 77.7 Å². The Morgan fingerprint density at radius 2 is 1.88 bits per heavy atom. The van der Waals surface area contributed by atoms with Crippen LogP contribution in [0.25, 0.3) is 0 Å². The van der Waals surface area contributed by atoms with E-state index in [1.807, 2.05) is 32.9 Å². The Morgan fingerprint density at radius 3 is 2.44 bits per heavy atom. The molecule has 1 N–H and O–H groups in total. The third kappa shape index (κ3) is 6.46. The molecule has 0 aliphatic carbocycles. The quantitative estimate of drug-likeness (QED) is 0.519. The van der Waals surface area contributed by atoms with Crippen LogP contribution in [-0.4, -0.2) is 42.1 Å². The van der Waals surface area contributed by atoms with Crippen molar-refractivity contribution in [1.82, 2.24) is 4.90 Å². The summed E-state index contributed by atoms with van der Waals surface area (Å²) in [6.45, 7) is 7.33. The van der Waals surface area contributed by atoms with Crippen LogP contribution in [0.15, 0.2) is 29.3 Å². The predicted molar refractivity (Wildman–Crippen MR) is 98.4 cm³/mol. The van der Waals surface area contributed by atoms with Gasteiger partial charge < -0.3 is 15.0 Å². The summed E-state index contributed by atoms with van der Waals surface area (Å²) in [5, 5.41) is 12.2. The van der Waals surface area contributed by atoms with Crippen molar-refractivity contribution in [3.63, 3.8) is 0 Å². The number of aliphatic imine (C=N–C) groups is 1. The predicted octanol–water partition coefficient (Wildman–Crippen LogP) is 3.15. The number of ether oxygens (including phenoxy) is 1. The number of nitrogens with zero attached hydrogens (tertiary/aromatic N) is 3. The lowest BCUT2D eigenvalue weighted by Crippen LogP contribution is -2.40. The molecule has 0 saturated carbocycles. The van der Waals surface area contributed by atoms with Gasteiger partial charge in [0.05, 0.1) is 11.6 Å². The molecule has 0 unspecified atom stereocenters. The molecule has 1 saturated heterocycles. The van der Waals surface area contributed by atoms with Gasteiger partial charge in [0.25, 0.3) is 0 Å². The smallest absolute Gasteiger partial charge is 0.328 e. The van der Waals surface area contributed by atoms with Crippen molar-refractivity contribution in [2.75, 3.05) is 25.0 Å². The molecule has 1 aromatic rings. The Balaban J connectivity index is 2.10. The zero-order valence-electron chi connectivity index (χ0n) is 15.2. The van der Waals surface area contributed by atoms with E-state index in [1.165, 1.54) is 6.42 Å². The van der Waals surface area contributed by atoms with E-state index in [0.29, 0.717) is 11.5 Å². The molecule has 6 heteroatoms. The highest BCUT2D eigenvalue weighted by Gasteiger charge is 2.18. The average Bonchev–Trinajstić information content (AvgIpc) is 2.58. The van der Waals surface area contributed by atoms with Gasteiger partial charge in [-0.2, -0.15) is 5.26 Å². The summed E-state index contributed by atoms with van der Waals surface area (Å²) in [4.78, 5) is 18.6. The van der Waals surface area contributed by atoms with Gasteiger partial charge >= 0.3 is 5.97 Å². The first-order valence-corrected chi connectivity index (χ1v) is 8.66. The summed E-state index contributed by atoms with van der Waals surface area (Å²) in [7, 11) is 0. The first-order valence-electron chi connectivity index (χ1n) is 8.66. The molecular weight excluding hydrogens is 316 g/mol. The number of anilines is 1. The molecular formula is C19H26N4O2. The maximum atomic E-state index is 12.0. The second kappa shape index (κ2) is 8.52. The molecule has 1 aliphatic rings. The standard InChI is InChI=1S/C19H26N4O2/c1-19(2,3)25-17(24)14-21-18(23-11-5-4-6-12-23)22-16-9-7-15(13-20)8-10-16/h7-10H,4-6,11-12,14H2,1-3H3,(H,21,22). The maximum Gasteiger partial charge on any atom is 0.328 e. The summed E-state index contributed by atoms with van der Waals surface area (Å²) in [5.41, 5.74) is 0.932. The Bertz CT molecular complexity index is 647. The number of esters is 1. The number of hydrogen-bond donors (Lipinski definition) is 1. The van der Waals surface area contributed by atoms with Gasteiger partial charge in [-0.1, -0.05) is 0 Å². The number of rotatable bonds is 3. The van der Waals surface area contributed by atoms with E-state index in [1.54, 1.807) is 12.1 Å². The molecule has 1 fully saturated rings. The summed E-state index contributed by atoms with van der Waals surface area (Å²) >= 11 is 0. The fourth-order valence-electron chi connectivity index (χ4n) is 2.59. The van der Waals surface area contributed by atoms with E-state index >= 15 is 0 Å². The highest BCUT2D eigenvalue weighted by Crippen LogP contribution is 2.14. The van der Waals surface area contributed by atoms with Crippen LogP contribution in [0.5, 0.6) is 0 Å². The summed E-state index contributed by atoms with van der Waals surface area (Å²) in [5.74, 6) is 0.332. The molecule has 1 aromatic carbocycles. The molecule has 0 amide bonds. The molecule has 0 spiro atoms. The number of piperidine rings is 1. The number of carbonyl (C=O) groups is 1. The van der Waals surface area contributed by atoms with Crippen molar-refractivity contribution in [3.05, 3.63) is 29.8 Å². The Kier molecular flexibility index (Phi) is 6.40. The Morgan fingerprint density at radius 1 is 1.24 bits per heavy atom. The first-order chi connectivity index (χ1) is 11.9. The number of nitrogens with one attached hydrogen (secondary N) is 1. The molecule has 2 rings (SSSR count). The number of guanidine groups is 1. The van der Waals surface area contributed by atoms with Crippen molar-refractivity contribution in [3.8, 4) is 6.07 Å². The van der Waals surface area contributed by atoms with Gasteiger partial charge in [0.1, 0.15) is 12.1 Å². The van der Waals surface area contributed by atoms with Crippen LogP contribution in [0.2, 0.25) is 0 Å². The van der Waals surface area contributed by atoms with E-state index in [0.717, 1.165) is 31.6 Å². The summed E-state index contributed by atoms with van der Waals surface area (Å²) < 4.78 is 5.33. The zero-order valence-corrected chi connectivity index (χ0v) is 15.2. The maximum absolute atomic E-state index is 12.0. The minimum atomic E-state index is -0.515. The number of carbonyl (C=O) groups excluding carboxylic acids is 1. The molecule has 0 atom stereocenters. The van der Waals surface area contributed by atoms with Crippen LogP contribution in [0, 0.1) is 11.3 Å². The summed E-state index contributed by atoms with van der Waals surface area (Å²) in [6.07, 6.45) is 3.44. The van der Waals surface area contributed by atoms with Crippen molar-refractivity contribution in [2.45, 2.75) is 45.6 Å². The molecule has 1 aliphatic heterocycles. The van der Waals surface area contributed by atoms with Gasteiger partial charge in [-0.15, -0.1) is 0 Å². The lowest BCUT2D eigenvalue weighted by molar-refractivity contribution is -0.152. The third-order valence-corrected chi connectivity index (χ3v) is 3.70. The van der Waals surface area contributed by atoms with Crippen LogP contribution < -0.4 is 5.32 Å². The van der Waals surface area contributed by atoms with Crippen LogP contribution in [0.1, 0.15) is 45.6 Å². The molecule has 134 valence electrons. The minimum Gasteiger partial charge on any atom is -0.459 e. The monoisotopic (exact) mass is 342 g/mol. The number of benzene rings is 1. The largest absolute Gasteiger partial charge is 0.459 e. The van der Waals surface area contributed by atoms with E-state index in [-0.39, 0.29) is 12.5 Å². The van der Waals surface area contributed by atoms with Crippen LogP contribution in [0.4, 0.5) is 5.69 Å². The molecule has 25 heavy (non-hydrogen) atoms. The van der Waals surface area contributed by atoms with Crippen molar-refractivity contribution >= 4 is 17.6 Å². The van der Waals surface area contributed by atoms with Crippen molar-refractivity contribution in [2.24, 2.45) is 4.99 Å². The normalized spacial score (nSPS) is 15.4. The van der Waals surface area contributed by atoms with Gasteiger partial charge in [0.15, 0.2) is 5.96 Å². The highest BCUT2D eigenvalue weighted by molar-refractivity contribution is 5.94. The second-order valence-corrected chi connectivity index (χ2v) is 7.09. The second-order valence-electron chi connectivity index (χ2n) is 7.09. The van der Waals surface area contributed by atoms with E-state index < -0.39 is 5.60 Å². The van der Waals surface area contributed by atoms with E-state index in [2.05, 4.69) is 21.3 Å². The van der Waals surface area contributed by atoms with Gasteiger partial charge in [-0.3, -0.25) is 4.79 Å². The van der Waals surface area contributed by atoms with E-state index in [9.17, 15) is 4.79 Å². The van der Waals surface area contributed by atoms with Crippen molar-refractivity contribution in [1.29, 1.82) is 5.26 Å². The molecule has 6 nitrogen and oxygen atoms in total. The molecule has 0 bridgehead atoms. The van der Waals surface area contributed by atoms with Crippen LogP contribution in [-0.2, 0) is 9.53 Å². The fraction of sp³-hybridized carbons (Fsp3) is 0.526. The molecule has 1 heterocycles. The SMILES string of the molecule is CC(C)(C)OC(=O)CN=C(Nc1ccc(C#N)cc1)N1CCCCC1. The average molecular weight is 342 g/mol. The highest BCUT2D eigenvalue weighted by atomic mass is 16.6. The summed E-state index contributed by atoms with van der Waals surface area (Å²) in [6, 6.07) is 9.29. The lowest BCUT2D eigenvalue weighted by atomic mass is 10.1.